The van der Waals surface area contributed by atoms with Crippen molar-refractivity contribution in [2.24, 2.45) is 0 Å². The number of ether oxygens (including phenoxy) is 1. The Bertz CT molecular complexity index is 849. The van der Waals surface area contributed by atoms with Crippen LogP contribution in [0.1, 0.15) is 0 Å². The molecule has 9 nitrogen and oxygen atoms in total. The summed E-state index contributed by atoms with van der Waals surface area (Å²) in [4.78, 5) is 18.2. The zero-order valence-corrected chi connectivity index (χ0v) is 11.9. The third-order valence-electron chi connectivity index (χ3n) is 2.62. The fourth-order valence-electron chi connectivity index (χ4n) is 1.69. The van der Waals surface area contributed by atoms with Crippen LogP contribution in [0.2, 0.25) is 0 Å². The van der Waals surface area contributed by atoms with E-state index in [1.807, 2.05) is 0 Å². The lowest BCUT2D eigenvalue weighted by Crippen LogP contribution is -1.98. The van der Waals surface area contributed by atoms with Crippen molar-refractivity contribution in [2.75, 3.05) is 5.73 Å². The summed E-state index contributed by atoms with van der Waals surface area (Å²) >= 11 is 3.26. The highest BCUT2D eigenvalue weighted by Gasteiger charge is 2.15. The summed E-state index contributed by atoms with van der Waals surface area (Å²) in [5, 5.41) is 17.8. The molecule has 0 radical (unpaired) electrons. The summed E-state index contributed by atoms with van der Waals surface area (Å²) in [5.74, 6) is 0.403. The van der Waals surface area contributed by atoms with Gasteiger partial charge in [-0.3, -0.25) is 15.2 Å². The van der Waals surface area contributed by atoms with Gasteiger partial charge in [-0.2, -0.15) is 15.1 Å². The van der Waals surface area contributed by atoms with E-state index in [2.05, 4.69) is 36.1 Å². The standard InChI is InChI=1S/C11H7BrN6O3/c12-7-2-1-5(18(19)20)3-8(7)21-10-6-4-14-17-9(6)15-11(13)16-10/h1-4H,(H3,13,14,15,16,17). The summed E-state index contributed by atoms with van der Waals surface area (Å²) in [6.07, 6.45) is 1.48. The first-order chi connectivity index (χ1) is 10.0. The average Bonchev–Trinajstić information content (AvgIpc) is 2.89. The second kappa shape index (κ2) is 4.98. The van der Waals surface area contributed by atoms with Gasteiger partial charge in [0, 0.05) is 6.07 Å². The Kier molecular flexibility index (Phi) is 3.14. The van der Waals surface area contributed by atoms with Crippen molar-refractivity contribution in [3.8, 4) is 11.6 Å². The maximum Gasteiger partial charge on any atom is 0.273 e. The largest absolute Gasteiger partial charge is 0.437 e. The number of fused-ring (bicyclic) bond motifs is 1. The first-order valence-electron chi connectivity index (χ1n) is 5.63. The number of halogens is 1. The first kappa shape index (κ1) is 13.2. The van der Waals surface area contributed by atoms with E-state index in [0.29, 0.717) is 15.5 Å². The Morgan fingerprint density at radius 2 is 2.19 bits per heavy atom. The Balaban J connectivity index is 2.08. The fraction of sp³-hybridized carbons (Fsp3) is 0. The number of benzene rings is 1. The highest BCUT2D eigenvalue weighted by atomic mass is 79.9. The molecule has 1 aromatic carbocycles. The first-order valence-corrected chi connectivity index (χ1v) is 6.42. The number of nitrogen functional groups attached to an aromatic ring is 1. The number of nitrogens with zero attached hydrogens (tertiary/aromatic N) is 4. The monoisotopic (exact) mass is 350 g/mol. The lowest BCUT2D eigenvalue weighted by atomic mass is 10.3. The van der Waals surface area contributed by atoms with Gasteiger partial charge >= 0.3 is 0 Å². The van der Waals surface area contributed by atoms with Crippen LogP contribution in [0.25, 0.3) is 11.0 Å². The molecule has 10 heteroatoms. The second-order valence-electron chi connectivity index (χ2n) is 3.99. The molecule has 0 amide bonds. The van der Waals surface area contributed by atoms with Crippen molar-refractivity contribution >= 4 is 38.6 Å². The van der Waals surface area contributed by atoms with Crippen LogP contribution in [0.4, 0.5) is 11.6 Å². The van der Waals surface area contributed by atoms with Crippen molar-refractivity contribution in [1.29, 1.82) is 0 Å². The molecule has 2 aromatic heterocycles. The van der Waals surface area contributed by atoms with Crippen molar-refractivity contribution in [2.45, 2.75) is 0 Å². The van der Waals surface area contributed by atoms with Gasteiger partial charge in [-0.15, -0.1) is 0 Å². The number of aromatic amines is 1. The van der Waals surface area contributed by atoms with Gasteiger partial charge in [-0.25, -0.2) is 0 Å². The summed E-state index contributed by atoms with van der Waals surface area (Å²) in [7, 11) is 0. The summed E-state index contributed by atoms with van der Waals surface area (Å²) in [6.45, 7) is 0. The van der Waals surface area contributed by atoms with Crippen LogP contribution < -0.4 is 10.5 Å². The Morgan fingerprint density at radius 3 is 2.95 bits per heavy atom. The van der Waals surface area contributed by atoms with E-state index in [0.717, 1.165) is 0 Å². The van der Waals surface area contributed by atoms with Crippen LogP contribution in [0.15, 0.2) is 28.9 Å². The van der Waals surface area contributed by atoms with Crippen LogP contribution >= 0.6 is 15.9 Å². The molecule has 0 saturated heterocycles. The molecule has 0 aliphatic rings. The molecule has 0 saturated carbocycles. The maximum atomic E-state index is 10.8. The van der Waals surface area contributed by atoms with E-state index in [-0.39, 0.29) is 23.3 Å². The van der Waals surface area contributed by atoms with Gasteiger partial charge in [0.05, 0.1) is 21.7 Å². The van der Waals surface area contributed by atoms with Crippen LogP contribution in [0.5, 0.6) is 11.6 Å². The third-order valence-corrected chi connectivity index (χ3v) is 3.28. The fourth-order valence-corrected chi connectivity index (χ4v) is 2.02. The maximum absolute atomic E-state index is 10.8. The number of nitro benzene ring substituents is 1. The molecule has 0 fully saturated rings. The van der Waals surface area contributed by atoms with Gasteiger partial charge in [0.25, 0.3) is 5.69 Å². The van der Waals surface area contributed by atoms with Gasteiger partial charge in [0.15, 0.2) is 11.4 Å². The number of rotatable bonds is 3. The molecule has 0 atom stereocenters. The number of non-ortho nitro benzene ring substituents is 1. The minimum absolute atomic E-state index is 0.00306. The van der Waals surface area contributed by atoms with E-state index in [9.17, 15) is 10.1 Å². The van der Waals surface area contributed by atoms with Crippen molar-refractivity contribution < 1.29 is 9.66 Å². The Hall–Kier alpha value is -2.75. The van der Waals surface area contributed by atoms with Crippen LogP contribution in [0, 0.1) is 10.1 Å². The molecular formula is C11H7BrN6O3. The molecule has 0 unspecified atom stereocenters. The van der Waals surface area contributed by atoms with E-state index < -0.39 is 4.92 Å². The zero-order chi connectivity index (χ0) is 15.0. The lowest BCUT2D eigenvalue weighted by molar-refractivity contribution is -0.384. The molecule has 0 bridgehead atoms. The number of H-pyrrole nitrogens is 1. The molecule has 21 heavy (non-hydrogen) atoms. The molecular weight excluding hydrogens is 344 g/mol. The van der Waals surface area contributed by atoms with E-state index in [1.54, 1.807) is 0 Å². The summed E-state index contributed by atoms with van der Waals surface area (Å²) in [6, 6.07) is 4.16. The Morgan fingerprint density at radius 1 is 1.38 bits per heavy atom. The number of nitrogens with two attached hydrogens (primary N) is 1. The van der Waals surface area contributed by atoms with Crippen LogP contribution in [-0.2, 0) is 0 Å². The van der Waals surface area contributed by atoms with Crippen molar-refractivity contribution in [1.82, 2.24) is 20.2 Å². The second-order valence-corrected chi connectivity index (χ2v) is 4.85. The SMILES string of the molecule is Nc1nc(Oc2cc([N+](=O)[O-])ccc2Br)c2cn[nH]c2n1. The number of nitro groups is 1. The highest BCUT2D eigenvalue weighted by molar-refractivity contribution is 9.10. The molecule has 3 N–H and O–H groups in total. The molecule has 106 valence electrons. The number of hydrogen-bond acceptors (Lipinski definition) is 7. The van der Waals surface area contributed by atoms with E-state index >= 15 is 0 Å². The zero-order valence-electron chi connectivity index (χ0n) is 10.3. The molecule has 3 aromatic rings. The van der Waals surface area contributed by atoms with Gasteiger partial charge in [-0.1, -0.05) is 0 Å². The number of nitrogens with one attached hydrogen (secondary N) is 1. The van der Waals surface area contributed by atoms with Crippen molar-refractivity contribution in [3.63, 3.8) is 0 Å². The normalized spacial score (nSPS) is 10.7. The molecule has 0 spiro atoms. The molecule has 2 heterocycles. The minimum Gasteiger partial charge on any atom is -0.437 e. The predicted octanol–water partition coefficient (Wildman–Crippen LogP) is 2.40. The minimum atomic E-state index is -0.513. The van der Waals surface area contributed by atoms with Gasteiger partial charge in [0.1, 0.15) is 5.39 Å². The predicted molar refractivity (Wildman–Crippen MR) is 77.0 cm³/mol. The van der Waals surface area contributed by atoms with Crippen LogP contribution in [0.3, 0.4) is 0 Å². The smallest absolute Gasteiger partial charge is 0.273 e. The molecule has 0 aliphatic heterocycles. The third kappa shape index (κ3) is 2.48. The topological polar surface area (TPSA) is 133 Å². The van der Waals surface area contributed by atoms with Crippen LogP contribution in [-0.4, -0.2) is 25.1 Å². The van der Waals surface area contributed by atoms with Gasteiger partial charge in [-0.05, 0) is 22.0 Å². The van der Waals surface area contributed by atoms with Crippen molar-refractivity contribution in [3.05, 3.63) is 39.0 Å². The van der Waals surface area contributed by atoms with E-state index in [1.165, 1.54) is 24.4 Å². The Labute approximate surface area is 125 Å². The quantitative estimate of drug-likeness (QED) is 0.547. The lowest BCUT2D eigenvalue weighted by Gasteiger charge is -2.07. The molecule has 3 rings (SSSR count). The summed E-state index contributed by atoms with van der Waals surface area (Å²) in [5.41, 5.74) is 5.90. The highest BCUT2D eigenvalue weighted by Crippen LogP contribution is 2.34. The van der Waals surface area contributed by atoms with E-state index in [4.69, 9.17) is 10.5 Å². The van der Waals surface area contributed by atoms with Gasteiger partial charge in [0.2, 0.25) is 11.8 Å². The van der Waals surface area contributed by atoms with Gasteiger partial charge < -0.3 is 10.5 Å². The number of hydrogen-bond donors (Lipinski definition) is 2. The average molecular weight is 351 g/mol. The number of anilines is 1. The number of aromatic nitrogens is 4. The molecule has 0 aliphatic carbocycles. The summed E-state index contributed by atoms with van der Waals surface area (Å²) < 4.78 is 6.15.